The highest BCUT2D eigenvalue weighted by Crippen LogP contribution is 2.45. The van der Waals surface area contributed by atoms with Crippen LogP contribution in [0.1, 0.15) is 22.7 Å². The first-order valence-electron chi connectivity index (χ1n) is 11.7. The van der Waals surface area contributed by atoms with Crippen LogP contribution in [0.15, 0.2) is 83.5 Å². The fraction of sp³-hybridized carbons (Fsp3) is 0.214. The van der Waals surface area contributed by atoms with E-state index in [9.17, 15) is 14.9 Å². The average Bonchev–Trinajstić information content (AvgIpc) is 3.27. The summed E-state index contributed by atoms with van der Waals surface area (Å²) in [6.45, 7) is 2.11. The number of para-hydroxylation sites is 2. The molecule has 0 saturated heterocycles. The highest BCUT2D eigenvalue weighted by atomic mass is 16.5. The number of nitrogens with two attached hydrogens (primary N) is 1. The van der Waals surface area contributed by atoms with Gasteiger partial charge in [-0.3, -0.25) is 9.58 Å². The molecule has 0 amide bonds. The zero-order valence-electron chi connectivity index (χ0n) is 21.5. The van der Waals surface area contributed by atoms with Gasteiger partial charge in [-0.2, -0.15) is 10.4 Å². The number of carbonyl (C=O) groups excluding carboxylic acids is 2. The van der Waals surface area contributed by atoms with E-state index in [2.05, 4.69) is 11.2 Å². The lowest BCUT2D eigenvalue weighted by Gasteiger charge is -2.36. The van der Waals surface area contributed by atoms with E-state index in [1.165, 1.54) is 19.1 Å². The average molecular weight is 514 g/mol. The molecule has 1 aromatic heterocycles. The minimum Gasteiger partial charge on any atom is -0.487 e. The van der Waals surface area contributed by atoms with Crippen molar-refractivity contribution in [3.63, 3.8) is 0 Å². The molecule has 0 fully saturated rings. The van der Waals surface area contributed by atoms with E-state index in [-0.39, 0.29) is 29.3 Å². The Morgan fingerprint density at radius 2 is 1.71 bits per heavy atom. The van der Waals surface area contributed by atoms with Crippen LogP contribution in [0.25, 0.3) is 0 Å². The molecule has 0 aliphatic carbocycles. The number of nitrogens with zero attached hydrogens (tertiary/aromatic N) is 4. The van der Waals surface area contributed by atoms with Crippen LogP contribution >= 0.6 is 0 Å². The topological polar surface area (TPSA) is 133 Å². The van der Waals surface area contributed by atoms with Crippen molar-refractivity contribution in [1.29, 1.82) is 5.26 Å². The summed E-state index contributed by atoms with van der Waals surface area (Å²) in [5.41, 5.74) is 9.16. The Morgan fingerprint density at radius 1 is 1.05 bits per heavy atom. The first kappa shape index (κ1) is 26.0. The summed E-state index contributed by atoms with van der Waals surface area (Å²) in [5, 5.41) is 14.5. The number of aromatic nitrogens is 2. The van der Waals surface area contributed by atoms with Gasteiger partial charge in [0.05, 0.1) is 49.2 Å². The molecule has 194 valence electrons. The lowest BCUT2D eigenvalue weighted by atomic mass is 9.81. The van der Waals surface area contributed by atoms with Crippen LogP contribution in [0, 0.1) is 18.3 Å². The van der Waals surface area contributed by atoms with Gasteiger partial charge in [0, 0.05) is 18.3 Å². The van der Waals surface area contributed by atoms with Crippen molar-refractivity contribution in [1.82, 2.24) is 9.78 Å². The van der Waals surface area contributed by atoms with E-state index in [1.54, 1.807) is 65.5 Å². The summed E-state index contributed by atoms with van der Waals surface area (Å²) >= 11 is 0. The summed E-state index contributed by atoms with van der Waals surface area (Å²) in [7, 11) is 4.24. The Balaban J connectivity index is 1.94. The van der Waals surface area contributed by atoms with Crippen molar-refractivity contribution < 1.29 is 23.8 Å². The summed E-state index contributed by atoms with van der Waals surface area (Å²) in [6.07, 6.45) is 1.71. The van der Waals surface area contributed by atoms with Gasteiger partial charge < -0.3 is 19.9 Å². The van der Waals surface area contributed by atoms with Crippen LogP contribution in [-0.2, 0) is 32.7 Å². The van der Waals surface area contributed by atoms with Gasteiger partial charge in [-0.15, -0.1) is 0 Å². The Hall–Kier alpha value is -5.04. The van der Waals surface area contributed by atoms with Gasteiger partial charge in [-0.1, -0.05) is 42.5 Å². The smallest absolute Gasteiger partial charge is 0.355 e. The number of allylic oxidation sites excluding steroid dienone is 1. The highest BCUT2D eigenvalue weighted by Gasteiger charge is 2.43. The molecule has 0 radical (unpaired) electrons. The molecule has 1 atom stereocenters. The quantitative estimate of drug-likeness (QED) is 0.473. The van der Waals surface area contributed by atoms with Gasteiger partial charge in [-0.05, 0) is 24.6 Å². The van der Waals surface area contributed by atoms with Crippen molar-refractivity contribution in [2.24, 2.45) is 12.8 Å². The first-order chi connectivity index (χ1) is 18.3. The van der Waals surface area contributed by atoms with E-state index in [4.69, 9.17) is 19.9 Å². The van der Waals surface area contributed by atoms with Crippen molar-refractivity contribution >= 4 is 17.6 Å². The Morgan fingerprint density at radius 3 is 2.32 bits per heavy atom. The molecule has 0 saturated carbocycles. The summed E-state index contributed by atoms with van der Waals surface area (Å²) in [4.78, 5) is 27.8. The maximum absolute atomic E-state index is 13.3. The third-order valence-corrected chi connectivity index (χ3v) is 6.44. The predicted octanol–water partition coefficient (Wildman–Crippen LogP) is 3.21. The minimum atomic E-state index is -0.954. The predicted molar refractivity (Wildman–Crippen MR) is 138 cm³/mol. The SMILES string of the molecule is COC(=O)C1=C(C(=O)OC)N(c2ccccc2OCc2cnn(C)c2C)C(N)=C(C#N)C1c1ccccc1. The highest BCUT2D eigenvalue weighted by molar-refractivity contribution is 6.06. The Bertz CT molecular complexity index is 1480. The molecule has 2 aromatic carbocycles. The molecule has 1 aliphatic heterocycles. The maximum atomic E-state index is 13.3. The number of anilines is 1. The normalized spacial score (nSPS) is 15.2. The van der Waals surface area contributed by atoms with Crippen LogP contribution in [0.5, 0.6) is 5.75 Å². The van der Waals surface area contributed by atoms with E-state index in [0.717, 1.165) is 11.3 Å². The molecule has 10 heteroatoms. The summed E-state index contributed by atoms with van der Waals surface area (Å²) in [6, 6.07) is 17.8. The molecular formula is C28H27N5O5. The fourth-order valence-electron chi connectivity index (χ4n) is 4.37. The van der Waals surface area contributed by atoms with E-state index >= 15 is 0 Å². The first-order valence-corrected chi connectivity index (χ1v) is 11.7. The molecule has 0 spiro atoms. The number of esters is 2. The van der Waals surface area contributed by atoms with Crippen molar-refractivity contribution in [3.8, 4) is 11.8 Å². The van der Waals surface area contributed by atoms with Gasteiger partial charge in [-0.25, -0.2) is 9.59 Å². The second-order valence-corrected chi connectivity index (χ2v) is 8.47. The third-order valence-electron chi connectivity index (χ3n) is 6.44. The van der Waals surface area contributed by atoms with E-state index in [0.29, 0.717) is 17.0 Å². The Labute approximate surface area is 220 Å². The van der Waals surface area contributed by atoms with E-state index < -0.39 is 17.9 Å². The summed E-state index contributed by atoms with van der Waals surface area (Å²) < 4.78 is 18.1. The minimum absolute atomic E-state index is 0.0389. The Kier molecular flexibility index (Phi) is 7.48. The number of hydrogen-bond donors (Lipinski definition) is 1. The van der Waals surface area contributed by atoms with Crippen LogP contribution in [0.3, 0.4) is 0 Å². The molecule has 1 aliphatic rings. The molecule has 38 heavy (non-hydrogen) atoms. The molecule has 2 heterocycles. The van der Waals surface area contributed by atoms with Crippen molar-refractivity contribution in [3.05, 3.63) is 100 Å². The summed E-state index contributed by atoms with van der Waals surface area (Å²) in [5.74, 6) is -2.26. The molecule has 4 rings (SSSR count). The van der Waals surface area contributed by atoms with Gasteiger partial charge in [0.25, 0.3) is 0 Å². The molecule has 1 unspecified atom stereocenters. The number of ether oxygens (including phenoxy) is 3. The lowest BCUT2D eigenvalue weighted by molar-refractivity contribution is -0.139. The third kappa shape index (κ3) is 4.57. The molecule has 0 bridgehead atoms. The maximum Gasteiger partial charge on any atom is 0.355 e. The molecular weight excluding hydrogens is 486 g/mol. The van der Waals surface area contributed by atoms with Crippen LogP contribution in [0.2, 0.25) is 0 Å². The van der Waals surface area contributed by atoms with E-state index in [1.807, 2.05) is 14.0 Å². The van der Waals surface area contributed by atoms with Gasteiger partial charge >= 0.3 is 11.9 Å². The number of carbonyl (C=O) groups is 2. The van der Waals surface area contributed by atoms with Gasteiger partial charge in [0.2, 0.25) is 0 Å². The van der Waals surface area contributed by atoms with Crippen molar-refractivity contribution in [2.75, 3.05) is 19.1 Å². The number of hydrogen-bond acceptors (Lipinski definition) is 9. The number of rotatable bonds is 7. The lowest BCUT2D eigenvalue weighted by Crippen LogP contribution is -2.41. The number of methoxy groups -OCH3 is 2. The van der Waals surface area contributed by atoms with Crippen LogP contribution < -0.4 is 15.4 Å². The van der Waals surface area contributed by atoms with Crippen LogP contribution in [0.4, 0.5) is 5.69 Å². The fourth-order valence-corrected chi connectivity index (χ4v) is 4.37. The number of nitriles is 1. The second kappa shape index (κ2) is 10.9. The van der Waals surface area contributed by atoms with Crippen LogP contribution in [-0.4, -0.2) is 35.9 Å². The van der Waals surface area contributed by atoms with Gasteiger partial charge in [0.1, 0.15) is 23.9 Å². The second-order valence-electron chi connectivity index (χ2n) is 8.47. The molecule has 2 N–H and O–H groups in total. The monoisotopic (exact) mass is 513 g/mol. The molecule has 10 nitrogen and oxygen atoms in total. The zero-order chi connectivity index (χ0) is 27.4. The zero-order valence-corrected chi connectivity index (χ0v) is 21.5. The standard InChI is InChI=1S/C28H27N5O5/c1-17-19(15-31-32(17)2)16-38-22-13-9-8-12-21(22)33-25(28(35)37-4)24(27(34)36-3)23(20(14-29)26(33)30)18-10-6-5-7-11-18/h5-13,15,23H,16,30H2,1-4H3. The van der Waals surface area contributed by atoms with Gasteiger partial charge in [0.15, 0.2) is 0 Å². The molecule has 3 aromatic rings. The number of benzene rings is 2. The van der Waals surface area contributed by atoms with Crippen molar-refractivity contribution in [2.45, 2.75) is 19.4 Å². The number of aryl methyl sites for hydroxylation is 1. The largest absolute Gasteiger partial charge is 0.487 e.